The zero-order chi connectivity index (χ0) is 23.1. The second kappa shape index (κ2) is 11.5. The number of carbonyl (C=O) groups excluding carboxylic acids is 1. The minimum atomic E-state index is -2.76. The predicted molar refractivity (Wildman–Crippen MR) is 116 cm³/mol. The predicted octanol–water partition coefficient (Wildman–Crippen LogP) is 3.99. The highest BCUT2D eigenvalue weighted by molar-refractivity contribution is 5.93. The van der Waals surface area contributed by atoms with Gasteiger partial charge in [0.05, 0.1) is 34.3 Å². The summed E-state index contributed by atoms with van der Waals surface area (Å²) in [6, 6.07) is 3.38. The topological polar surface area (TPSA) is 63.7 Å². The SMILES string of the molecule is [2H]C([2H])(F)CCOC[C@H](CC(C)C)NC(=O)c1ccc(N2CCCC2)c(OCC2CC2)n1. The molecule has 2 fully saturated rings. The van der Waals surface area contributed by atoms with E-state index >= 15 is 0 Å². The van der Waals surface area contributed by atoms with Crippen molar-refractivity contribution in [2.75, 3.05) is 44.4 Å². The molecular formula is C23H36FN3O3. The number of rotatable bonds is 13. The molecule has 1 N–H and O–H groups in total. The van der Waals surface area contributed by atoms with E-state index in [-0.39, 0.29) is 31.6 Å². The Bertz CT molecular complexity index is 750. The molecule has 1 aromatic heterocycles. The van der Waals surface area contributed by atoms with Gasteiger partial charge >= 0.3 is 0 Å². The van der Waals surface area contributed by atoms with E-state index in [0.29, 0.717) is 36.4 Å². The first-order valence-electron chi connectivity index (χ1n) is 12.2. The van der Waals surface area contributed by atoms with Crippen LogP contribution in [0.15, 0.2) is 12.1 Å². The third-order valence-corrected chi connectivity index (χ3v) is 5.42. The Labute approximate surface area is 182 Å². The van der Waals surface area contributed by atoms with Crippen molar-refractivity contribution in [3.8, 4) is 5.88 Å². The van der Waals surface area contributed by atoms with Gasteiger partial charge in [-0.25, -0.2) is 4.98 Å². The van der Waals surface area contributed by atoms with Gasteiger partial charge in [-0.2, -0.15) is 0 Å². The lowest BCUT2D eigenvalue weighted by Crippen LogP contribution is -2.39. The fourth-order valence-electron chi connectivity index (χ4n) is 3.68. The van der Waals surface area contributed by atoms with Crippen LogP contribution in [-0.4, -0.2) is 56.5 Å². The first kappa shape index (κ1) is 20.0. The number of nitrogens with zero attached hydrogens (tertiary/aromatic N) is 2. The number of aromatic nitrogens is 1. The summed E-state index contributed by atoms with van der Waals surface area (Å²) in [6.45, 7) is 4.06. The second-order valence-corrected chi connectivity index (χ2v) is 8.73. The molecule has 0 bridgehead atoms. The lowest BCUT2D eigenvalue weighted by atomic mass is 10.0. The fraction of sp³-hybridized carbons (Fsp3) is 0.739. The zero-order valence-electron chi connectivity index (χ0n) is 20.2. The van der Waals surface area contributed by atoms with Crippen LogP contribution in [0.4, 0.5) is 10.1 Å². The number of amides is 1. The van der Waals surface area contributed by atoms with Gasteiger partial charge in [0.2, 0.25) is 5.88 Å². The maximum absolute atomic E-state index is 13.0. The number of carbonyl (C=O) groups is 1. The summed E-state index contributed by atoms with van der Waals surface area (Å²) >= 11 is 0. The molecule has 0 aromatic carbocycles. The van der Waals surface area contributed by atoms with Crippen molar-refractivity contribution >= 4 is 11.6 Å². The first-order chi connectivity index (χ1) is 15.2. The number of hydrogen-bond donors (Lipinski definition) is 1. The fourth-order valence-corrected chi connectivity index (χ4v) is 3.68. The van der Waals surface area contributed by atoms with Crippen LogP contribution in [0, 0.1) is 11.8 Å². The van der Waals surface area contributed by atoms with Gasteiger partial charge in [0, 0.05) is 19.7 Å². The smallest absolute Gasteiger partial charge is 0.270 e. The zero-order valence-corrected chi connectivity index (χ0v) is 18.2. The summed E-state index contributed by atoms with van der Waals surface area (Å²) in [7, 11) is 0. The van der Waals surface area contributed by atoms with E-state index in [4.69, 9.17) is 12.2 Å². The first-order valence-corrected chi connectivity index (χ1v) is 11.2. The van der Waals surface area contributed by atoms with Gasteiger partial charge in [-0.3, -0.25) is 9.18 Å². The summed E-state index contributed by atoms with van der Waals surface area (Å²) < 4.78 is 38.4. The quantitative estimate of drug-likeness (QED) is 0.486. The Morgan fingerprint density at radius 1 is 1.37 bits per heavy atom. The molecule has 2 heterocycles. The number of hydrogen-bond acceptors (Lipinski definition) is 5. The molecule has 30 heavy (non-hydrogen) atoms. The van der Waals surface area contributed by atoms with Crippen LogP contribution in [-0.2, 0) is 4.74 Å². The molecule has 1 saturated carbocycles. The average molecular weight is 424 g/mol. The van der Waals surface area contributed by atoms with E-state index in [9.17, 15) is 9.18 Å². The van der Waals surface area contributed by atoms with Crippen molar-refractivity contribution in [3.63, 3.8) is 0 Å². The lowest BCUT2D eigenvalue weighted by Gasteiger charge is -2.22. The molecule has 1 aliphatic carbocycles. The molecule has 1 atom stereocenters. The van der Waals surface area contributed by atoms with Crippen LogP contribution in [0.1, 0.15) is 65.6 Å². The maximum atomic E-state index is 13.0. The summed E-state index contributed by atoms with van der Waals surface area (Å²) in [5.74, 6) is 1.13. The molecule has 0 spiro atoms. The van der Waals surface area contributed by atoms with Gasteiger partial charge in [0.1, 0.15) is 5.69 Å². The number of ether oxygens (including phenoxy) is 2. The number of anilines is 1. The van der Waals surface area contributed by atoms with E-state index in [1.165, 1.54) is 12.8 Å². The summed E-state index contributed by atoms with van der Waals surface area (Å²) in [6.07, 6.45) is 5.00. The Morgan fingerprint density at radius 2 is 2.13 bits per heavy atom. The molecule has 7 heteroatoms. The molecule has 0 unspecified atom stereocenters. The Balaban J connectivity index is 1.64. The van der Waals surface area contributed by atoms with Crippen LogP contribution in [0.25, 0.3) is 0 Å². The summed E-state index contributed by atoms with van der Waals surface area (Å²) in [4.78, 5) is 19.8. The Hall–Kier alpha value is -1.89. The highest BCUT2D eigenvalue weighted by atomic mass is 19.1. The Kier molecular flexibility index (Phi) is 7.67. The molecule has 3 rings (SSSR count). The van der Waals surface area contributed by atoms with Crippen molar-refractivity contribution in [2.45, 2.75) is 58.4 Å². The van der Waals surface area contributed by atoms with Gasteiger partial charge in [0.25, 0.3) is 5.91 Å². The number of nitrogens with one attached hydrogen (secondary N) is 1. The Morgan fingerprint density at radius 3 is 2.80 bits per heavy atom. The molecule has 1 aromatic rings. The van der Waals surface area contributed by atoms with Crippen molar-refractivity contribution in [3.05, 3.63) is 17.8 Å². The molecule has 2 aliphatic rings. The van der Waals surface area contributed by atoms with E-state index in [1.54, 1.807) is 6.07 Å². The van der Waals surface area contributed by atoms with Crippen molar-refractivity contribution in [1.29, 1.82) is 0 Å². The van der Waals surface area contributed by atoms with Crippen molar-refractivity contribution in [2.24, 2.45) is 11.8 Å². The third-order valence-electron chi connectivity index (χ3n) is 5.42. The third kappa shape index (κ3) is 7.11. The standard InChI is InChI=1S/C23H36FN3O3/c1-17(2)14-19(16-29-13-5-10-24)25-22(28)20-8-9-21(27-11-3-4-12-27)23(26-20)30-15-18-6-7-18/h8-9,17-19H,3-7,10-16H2,1-2H3,(H,25,28)/t19-/m0/s1/i10D2. The van der Waals surface area contributed by atoms with Crippen LogP contribution < -0.4 is 15.0 Å². The van der Waals surface area contributed by atoms with Crippen LogP contribution in [0.2, 0.25) is 0 Å². The highest BCUT2D eigenvalue weighted by Gasteiger charge is 2.25. The van der Waals surface area contributed by atoms with Gasteiger partial charge in [-0.15, -0.1) is 0 Å². The minimum Gasteiger partial charge on any atom is -0.476 e. The minimum absolute atomic E-state index is 0.0457. The normalized spacial score (nSPS) is 18.9. The molecule has 1 saturated heterocycles. The highest BCUT2D eigenvalue weighted by Crippen LogP contribution is 2.33. The van der Waals surface area contributed by atoms with Crippen LogP contribution >= 0.6 is 0 Å². The van der Waals surface area contributed by atoms with Gasteiger partial charge in [-0.1, -0.05) is 13.8 Å². The number of alkyl halides is 1. The molecule has 6 nitrogen and oxygen atoms in total. The van der Waals surface area contributed by atoms with Gasteiger partial charge in [0.15, 0.2) is 0 Å². The van der Waals surface area contributed by atoms with Crippen LogP contribution in [0.5, 0.6) is 5.88 Å². The monoisotopic (exact) mass is 423 g/mol. The largest absolute Gasteiger partial charge is 0.476 e. The van der Waals surface area contributed by atoms with Crippen molar-refractivity contribution in [1.82, 2.24) is 10.3 Å². The maximum Gasteiger partial charge on any atom is 0.270 e. The summed E-state index contributed by atoms with van der Waals surface area (Å²) in [5.41, 5.74) is 1.25. The van der Waals surface area contributed by atoms with E-state index in [2.05, 4.69) is 15.2 Å². The lowest BCUT2D eigenvalue weighted by molar-refractivity contribution is 0.0789. The molecular weight excluding hydrogens is 385 g/mol. The van der Waals surface area contributed by atoms with E-state index < -0.39 is 6.63 Å². The van der Waals surface area contributed by atoms with Crippen molar-refractivity contribution < 1.29 is 21.4 Å². The molecule has 0 radical (unpaired) electrons. The summed E-state index contributed by atoms with van der Waals surface area (Å²) in [5, 5.41) is 2.97. The van der Waals surface area contributed by atoms with E-state index in [1.807, 2.05) is 19.9 Å². The van der Waals surface area contributed by atoms with Gasteiger partial charge in [-0.05, 0) is 62.5 Å². The molecule has 1 amide bonds. The molecule has 168 valence electrons. The van der Waals surface area contributed by atoms with E-state index in [0.717, 1.165) is 31.6 Å². The van der Waals surface area contributed by atoms with Crippen LogP contribution in [0.3, 0.4) is 0 Å². The molecule has 1 aliphatic heterocycles. The average Bonchev–Trinajstić information content (AvgIpc) is 3.39. The van der Waals surface area contributed by atoms with Gasteiger partial charge < -0.3 is 19.7 Å². The second-order valence-electron chi connectivity index (χ2n) is 8.73. The number of halogens is 1. The number of pyridine rings is 1.